The summed E-state index contributed by atoms with van der Waals surface area (Å²) in [4.78, 5) is 32.5. The molecule has 0 saturated heterocycles. The summed E-state index contributed by atoms with van der Waals surface area (Å²) >= 11 is 0. The quantitative estimate of drug-likeness (QED) is 0.576. The predicted molar refractivity (Wildman–Crippen MR) is 110 cm³/mol. The van der Waals surface area contributed by atoms with Crippen LogP contribution in [0.4, 0.5) is 5.82 Å². The summed E-state index contributed by atoms with van der Waals surface area (Å²) in [5.74, 6) is 0.386. The van der Waals surface area contributed by atoms with Crippen LogP contribution in [0.1, 0.15) is 28.0 Å². The van der Waals surface area contributed by atoms with Gasteiger partial charge in [-0.15, -0.1) is 0 Å². The van der Waals surface area contributed by atoms with E-state index in [9.17, 15) is 4.79 Å². The van der Waals surface area contributed by atoms with Crippen molar-refractivity contribution in [1.29, 1.82) is 0 Å². The van der Waals surface area contributed by atoms with E-state index in [1.165, 1.54) is 6.33 Å². The van der Waals surface area contributed by atoms with Crippen LogP contribution in [-0.4, -0.2) is 48.9 Å². The standard InChI is InChI=1S/C21H21N7O/c1-27(9-10-28-12-25-18-19(22)23-11-24-20(18)28)21(29)17-13-5-2-3-7-15(13)26-16-8-4-6-14(16)17/h2-3,5,7,11-12H,4,6,8-10H2,1H3,(H2,22,23,24). The number of rotatable bonds is 4. The van der Waals surface area contributed by atoms with Gasteiger partial charge in [0, 0.05) is 31.2 Å². The predicted octanol–water partition coefficient (Wildman–Crippen LogP) is 2.22. The monoisotopic (exact) mass is 387 g/mol. The third kappa shape index (κ3) is 2.88. The highest BCUT2D eigenvalue weighted by atomic mass is 16.2. The van der Waals surface area contributed by atoms with Gasteiger partial charge in [0.15, 0.2) is 11.5 Å². The highest BCUT2D eigenvalue weighted by Crippen LogP contribution is 2.30. The Hall–Kier alpha value is -3.55. The molecule has 0 unspecified atom stereocenters. The van der Waals surface area contributed by atoms with Crippen molar-refractivity contribution in [2.75, 3.05) is 19.3 Å². The molecule has 0 fully saturated rings. The molecule has 8 nitrogen and oxygen atoms in total. The number of para-hydroxylation sites is 1. The van der Waals surface area contributed by atoms with Gasteiger partial charge in [-0.25, -0.2) is 15.0 Å². The van der Waals surface area contributed by atoms with Crippen molar-refractivity contribution in [3.05, 3.63) is 53.7 Å². The smallest absolute Gasteiger partial charge is 0.254 e. The molecule has 29 heavy (non-hydrogen) atoms. The molecular formula is C21H21N7O. The second-order valence-corrected chi connectivity index (χ2v) is 7.38. The summed E-state index contributed by atoms with van der Waals surface area (Å²) in [7, 11) is 1.83. The van der Waals surface area contributed by atoms with E-state index in [2.05, 4.69) is 15.0 Å². The van der Waals surface area contributed by atoms with E-state index in [1.54, 1.807) is 11.2 Å². The van der Waals surface area contributed by atoms with Gasteiger partial charge in [-0.3, -0.25) is 9.78 Å². The van der Waals surface area contributed by atoms with Gasteiger partial charge in [0.25, 0.3) is 5.91 Å². The summed E-state index contributed by atoms with van der Waals surface area (Å²) in [5, 5.41) is 0.929. The first-order valence-corrected chi connectivity index (χ1v) is 9.70. The Labute approximate surface area is 167 Å². The number of carbonyl (C=O) groups excluding carboxylic acids is 1. The van der Waals surface area contributed by atoms with Gasteiger partial charge in [0.2, 0.25) is 0 Å². The summed E-state index contributed by atoms with van der Waals surface area (Å²) in [6.45, 7) is 1.10. The Morgan fingerprint density at radius 2 is 2.07 bits per heavy atom. The minimum Gasteiger partial charge on any atom is -0.382 e. The molecule has 1 aliphatic rings. The van der Waals surface area contributed by atoms with Gasteiger partial charge in [0.05, 0.1) is 17.4 Å². The van der Waals surface area contributed by atoms with Crippen LogP contribution >= 0.6 is 0 Å². The number of carbonyl (C=O) groups is 1. The molecule has 3 aromatic heterocycles. The maximum Gasteiger partial charge on any atom is 0.254 e. The van der Waals surface area contributed by atoms with Crippen LogP contribution in [0.15, 0.2) is 36.9 Å². The molecule has 146 valence electrons. The minimum absolute atomic E-state index is 0.0281. The molecule has 0 saturated carbocycles. The second kappa shape index (κ2) is 6.80. The summed E-state index contributed by atoms with van der Waals surface area (Å²) in [6.07, 6.45) is 6.01. The van der Waals surface area contributed by atoms with Gasteiger partial charge in [-0.1, -0.05) is 18.2 Å². The van der Waals surface area contributed by atoms with Crippen LogP contribution in [0.25, 0.3) is 22.1 Å². The Balaban J connectivity index is 1.44. The lowest BCUT2D eigenvalue weighted by molar-refractivity contribution is 0.0791. The largest absolute Gasteiger partial charge is 0.382 e. The number of aromatic nitrogens is 5. The van der Waals surface area contributed by atoms with Crippen LogP contribution in [-0.2, 0) is 19.4 Å². The van der Waals surface area contributed by atoms with Crippen molar-refractivity contribution >= 4 is 33.8 Å². The number of nitrogen functional groups attached to an aromatic ring is 1. The number of fused-ring (bicyclic) bond motifs is 3. The first-order chi connectivity index (χ1) is 14.1. The van der Waals surface area contributed by atoms with Gasteiger partial charge in [-0.2, -0.15) is 0 Å². The second-order valence-electron chi connectivity index (χ2n) is 7.38. The van der Waals surface area contributed by atoms with Crippen molar-refractivity contribution in [2.24, 2.45) is 0 Å². The number of hydrogen-bond donors (Lipinski definition) is 1. The van der Waals surface area contributed by atoms with Crippen LogP contribution < -0.4 is 5.73 Å². The number of nitrogens with zero attached hydrogens (tertiary/aromatic N) is 6. The molecule has 4 aromatic rings. The maximum absolute atomic E-state index is 13.4. The number of likely N-dealkylation sites (N-methyl/N-ethyl adjacent to an activating group) is 1. The van der Waals surface area contributed by atoms with Gasteiger partial charge in [0.1, 0.15) is 11.8 Å². The summed E-state index contributed by atoms with van der Waals surface area (Å²) in [6, 6.07) is 7.90. The molecule has 1 aromatic carbocycles. The molecular weight excluding hydrogens is 366 g/mol. The SMILES string of the molecule is CN(CCn1cnc2c(N)ncnc21)C(=O)c1c2c(nc3ccccc13)CCC2. The normalized spacial score (nSPS) is 13.1. The zero-order chi connectivity index (χ0) is 20.0. The van der Waals surface area contributed by atoms with E-state index < -0.39 is 0 Å². The number of amides is 1. The molecule has 8 heteroatoms. The third-order valence-corrected chi connectivity index (χ3v) is 5.59. The third-order valence-electron chi connectivity index (χ3n) is 5.59. The lowest BCUT2D eigenvalue weighted by Gasteiger charge is -2.20. The van der Waals surface area contributed by atoms with Crippen molar-refractivity contribution in [1.82, 2.24) is 29.4 Å². The van der Waals surface area contributed by atoms with E-state index >= 15 is 0 Å². The molecule has 2 N–H and O–H groups in total. The molecule has 3 heterocycles. The van der Waals surface area contributed by atoms with Gasteiger partial charge >= 0.3 is 0 Å². The van der Waals surface area contributed by atoms with E-state index in [-0.39, 0.29) is 5.91 Å². The van der Waals surface area contributed by atoms with Crippen molar-refractivity contribution in [3.8, 4) is 0 Å². The fourth-order valence-corrected chi connectivity index (χ4v) is 4.07. The number of hydrogen-bond acceptors (Lipinski definition) is 6. The Morgan fingerprint density at radius 1 is 1.21 bits per heavy atom. The molecule has 1 amide bonds. The molecule has 0 radical (unpaired) electrons. The number of pyridine rings is 1. The van der Waals surface area contributed by atoms with Crippen LogP contribution in [0.5, 0.6) is 0 Å². The molecule has 5 rings (SSSR count). The highest BCUT2D eigenvalue weighted by molar-refractivity contribution is 6.07. The minimum atomic E-state index is 0.0281. The number of anilines is 1. The Kier molecular flexibility index (Phi) is 4.12. The van der Waals surface area contributed by atoms with Crippen molar-refractivity contribution < 1.29 is 4.79 Å². The fraction of sp³-hybridized carbons (Fsp3) is 0.286. The average Bonchev–Trinajstić information content (AvgIpc) is 3.37. The summed E-state index contributed by atoms with van der Waals surface area (Å²) < 4.78 is 1.90. The zero-order valence-electron chi connectivity index (χ0n) is 16.2. The van der Waals surface area contributed by atoms with Crippen LogP contribution in [0.3, 0.4) is 0 Å². The van der Waals surface area contributed by atoms with Gasteiger partial charge in [-0.05, 0) is 30.9 Å². The molecule has 0 aliphatic heterocycles. The number of aryl methyl sites for hydroxylation is 1. The van der Waals surface area contributed by atoms with E-state index in [4.69, 9.17) is 10.7 Å². The topological polar surface area (TPSA) is 103 Å². The molecule has 0 spiro atoms. The van der Waals surface area contributed by atoms with Crippen LogP contribution in [0, 0.1) is 0 Å². The van der Waals surface area contributed by atoms with Crippen molar-refractivity contribution in [3.63, 3.8) is 0 Å². The average molecular weight is 387 g/mol. The number of benzene rings is 1. The Morgan fingerprint density at radius 3 is 2.97 bits per heavy atom. The van der Waals surface area contributed by atoms with Crippen LogP contribution in [0.2, 0.25) is 0 Å². The van der Waals surface area contributed by atoms with E-state index in [0.29, 0.717) is 30.1 Å². The van der Waals surface area contributed by atoms with E-state index in [1.807, 2.05) is 35.9 Å². The lowest BCUT2D eigenvalue weighted by atomic mass is 10.00. The fourth-order valence-electron chi connectivity index (χ4n) is 4.07. The highest BCUT2D eigenvalue weighted by Gasteiger charge is 2.25. The first kappa shape index (κ1) is 17.5. The number of imidazole rings is 1. The maximum atomic E-state index is 13.4. The lowest BCUT2D eigenvalue weighted by Crippen LogP contribution is -2.31. The number of nitrogens with two attached hydrogens (primary N) is 1. The molecule has 1 aliphatic carbocycles. The van der Waals surface area contributed by atoms with Gasteiger partial charge < -0.3 is 15.2 Å². The van der Waals surface area contributed by atoms with Crippen molar-refractivity contribution in [2.45, 2.75) is 25.8 Å². The first-order valence-electron chi connectivity index (χ1n) is 9.70. The Bertz CT molecular complexity index is 1250. The van der Waals surface area contributed by atoms with E-state index in [0.717, 1.165) is 47.0 Å². The summed E-state index contributed by atoms with van der Waals surface area (Å²) in [5.41, 5.74) is 11.0. The molecule has 0 atom stereocenters. The zero-order valence-corrected chi connectivity index (χ0v) is 16.2. The molecule has 0 bridgehead atoms.